The molecular formula is C21H21ClN2O3. The van der Waals surface area contributed by atoms with Crippen molar-refractivity contribution in [2.75, 3.05) is 31.7 Å². The number of anilines is 1. The van der Waals surface area contributed by atoms with Gasteiger partial charge in [0.25, 0.3) is 11.8 Å². The average molecular weight is 385 g/mol. The summed E-state index contributed by atoms with van der Waals surface area (Å²) in [5, 5.41) is 0.573. The number of halogens is 1. The predicted molar refractivity (Wildman–Crippen MR) is 106 cm³/mol. The number of benzene rings is 2. The molecule has 2 amide bonds. The van der Waals surface area contributed by atoms with Gasteiger partial charge in [-0.3, -0.25) is 14.5 Å². The Morgan fingerprint density at radius 2 is 1.67 bits per heavy atom. The van der Waals surface area contributed by atoms with Gasteiger partial charge in [-0.2, -0.15) is 0 Å². The first kappa shape index (κ1) is 19.1. The molecule has 1 aliphatic heterocycles. The van der Waals surface area contributed by atoms with E-state index >= 15 is 0 Å². The molecule has 0 atom stereocenters. The number of amides is 2. The van der Waals surface area contributed by atoms with Crippen LogP contribution in [0.1, 0.15) is 12.5 Å². The fourth-order valence-electron chi connectivity index (χ4n) is 3.15. The van der Waals surface area contributed by atoms with E-state index < -0.39 is 0 Å². The van der Waals surface area contributed by atoms with Crippen LogP contribution in [0.5, 0.6) is 0 Å². The number of carbonyl (C=O) groups excluding carboxylic acids is 2. The van der Waals surface area contributed by atoms with Crippen molar-refractivity contribution in [1.29, 1.82) is 0 Å². The minimum absolute atomic E-state index is 0.209. The van der Waals surface area contributed by atoms with Crippen molar-refractivity contribution in [3.63, 3.8) is 0 Å². The van der Waals surface area contributed by atoms with Gasteiger partial charge in [-0.05, 0) is 36.8 Å². The van der Waals surface area contributed by atoms with Crippen molar-refractivity contribution >= 4 is 34.7 Å². The Bertz CT molecular complexity index is 863. The summed E-state index contributed by atoms with van der Waals surface area (Å²) in [7, 11) is 1.54. The maximum atomic E-state index is 13.2. The van der Waals surface area contributed by atoms with Crippen LogP contribution in [-0.2, 0) is 14.3 Å². The first-order valence-corrected chi connectivity index (χ1v) is 9.14. The molecule has 5 nitrogen and oxygen atoms in total. The third-order valence-electron chi connectivity index (χ3n) is 4.45. The van der Waals surface area contributed by atoms with Crippen LogP contribution in [0.25, 0.3) is 5.57 Å². The summed E-state index contributed by atoms with van der Waals surface area (Å²) in [5.41, 5.74) is 2.30. The Morgan fingerprint density at radius 1 is 1.00 bits per heavy atom. The molecule has 140 valence electrons. The molecule has 0 saturated heterocycles. The Hall–Kier alpha value is -2.63. The fraction of sp³-hybridized carbons (Fsp3) is 0.238. The van der Waals surface area contributed by atoms with E-state index in [2.05, 4.69) is 0 Å². The lowest BCUT2D eigenvalue weighted by atomic mass is 10.0. The van der Waals surface area contributed by atoms with Crippen molar-refractivity contribution in [3.8, 4) is 0 Å². The maximum Gasteiger partial charge on any atom is 0.278 e. The Labute approximate surface area is 163 Å². The first-order valence-electron chi connectivity index (χ1n) is 8.76. The topological polar surface area (TPSA) is 49.9 Å². The van der Waals surface area contributed by atoms with E-state index in [1.807, 2.05) is 42.2 Å². The number of para-hydroxylation sites is 1. The van der Waals surface area contributed by atoms with Crippen LogP contribution in [0.2, 0.25) is 5.02 Å². The van der Waals surface area contributed by atoms with Crippen molar-refractivity contribution in [2.45, 2.75) is 6.92 Å². The highest BCUT2D eigenvalue weighted by Gasteiger charge is 2.41. The molecular weight excluding hydrogens is 364 g/mol. The first-order chi connectivity index (χ1) is 13.1. The van der Waals surface area contributed by atoms with E-state index in [0.717, 1.165) is 5.69 Å². The average Bonchev–Trinajstić information content (AvgIpc) is 2.93. The molecule has 0 bridgehead atoms. The fourth-order valence-corrected chi connectivity index (χ4v) is 3.28. The molecule has 0 fully saturated rings. The van der Waals surface area contributed by atoms with Crippen LogP contribution in [0.3, 0.4) is 0 Å². The lowest BCUT2D eigenvalue weighted by Crippen LogP contribution is -2.37. The van der Waals surface area contributed by atoms with Gasteiger partial charge < -0.3 is 9.64 Å². The van der Waals surface area contributed by atoms with Crippen LogP contribution in [0.4, 0.5) is 5.69 Å². The van der Waals surface area contributed by atoms with Crippen molar-refractivity contribution in [1.82, 2.24) is 4.90 Å². The second-order valence-electron chi connectivity index (χ2n) is 6.07. The van der Waals surface area contributed by atoms with Crippen molar-refractivity contribution < 1.29 is 14.3 Å². The lowest BCUT2D eigenvalue weighted by molar-refractivity contribution is -0.137. The van der Waals surface area contributed by atoms with E-state index in [9.17, 15) is 9.59 Å². The van der Waals surface area contributed by atoms with Crippen LogP contribution in [0, 0.1) is 0 Å². The van der Waals surface area contributed by atoms with E-state index in [1.165, 1.54) is 4.90 Å². The van der Waals surface area contributed by atoms with Gasteiger partial charge in [0.15, 0.2) is 0 Å². The second kappa shape index (κ2) is 8.37. The highest BCUT2D eigenvalue weighted by molar-refractivity contribution is 6.37. The van der Waals surface area contributed by atoms with Crippen molar-refractivity contribution in [3.05, 3.63) is 70.9 Å². The molecule has 2 aromatic rings. The highest BCUT2D eigenvalue weighted by Crippen LogP contribution is 2.34. The van der Waals surface area contributed by atoms with Gasteiger partial charge in [-0.1, -0.05) is 41.9 Å². The van der Waals surface area contributed by atoms with Gasteiger partial charge in [0.2, 0.25) is 0 Å². The second-order valence-corrected chi connectivity index (χ2v) is 6.50. The molecule has 1 aliphatic rings. The molecule has 0 radical (unpaired) electrons. The summed E-state index contributed by atoms with van der Waals surface area (Å²) >= 11 is 6.00. The van der Waals surface area contributed by atoms with Crippen molar-refractivity contribution in [2.24, 2.45) is 0 Å². The van der Waals surface area contributed by atoms with Crippen LogP contribution < -0.4 is 4.90 Å². The summed E-state index contributed by atoms with van der Waals surface area (Å²) in [6.07, 6.45) is 0. The molecule has 1 heterocycles. The monoisotopic (exact) mass is 384 g/mol. The predicted octanol–water partition coefficient (Wildman–Crippen LogP) is 3.59. The zero-order chi connectivity index (χ0) is 19.4. The molecule has 2 aromatic carbocycles. The number of carbonyl (C=O) groups is 2. The number of imide groups is 1. The molecule has 0 spiro atoms. The molecule has 27 heavy (non-hydrogen) atoms. The van der Waals surface area contributed by atoms with E-state index in [1.54, 1.807) is 31.4 Å². The molecule has 6 heteroatoms. The summed E-state index contributed by atoms with van der Waals surface area (Å²) in [6, 6.07) is 16.5. The molecule has 0 aliphatic carbocycles. The SMILES string of the molecule is CCN(C1=C(c2ccc(Cl)cc2)C(=O)N(CCOC)C1=O)c1ccccc1. The maximum absolute atomic E-state index is 13.2. The van der Waals surface area contributed by atoms with Crippen LogP contribution in [0.15, 0.2) is 60.3 Å². The van der Waals surface area contributed by atoms with Crippen LogP contribution in [-0.4, -0.2) is 43.5 Å². The van der Waals surface area contributed by atoms with E-state index in [-0.39, 0.29) is 25.0 Å². The van der Waals surface area contributed by atoms with Gasteiger partial charge >= 0.3 is 0 Å². The summed E-state index contributed by atoms with van der Waals surface area (Å²) in [6.45, 7) is 3.00. The number of rotatable bonds is 7. The van der Waals surface area contributed by atoms with Gasteiger partial charge in [0, 0.05) is 24.4 Å². The zero-order valence-corrected chi connectivity index (χ0v) is 16.1. The largest absolute Gasteiger partial charge is 0.383 e. The molecule has 0 N–H and O–H groups in total. The van der Waals surface area contributed by atoms with Gasteiger partial charge in [-0.15, -0.1) is 0 Å². The summed E-state index contributed by atoms with van der Waals surface area (Å²) < 4.78 is 5.07. The molecule has 3 rings (SSSR count). The number of nitrogens with zero attached hydrogens (tertiary/aromatic N) is 2. The van der Waals surface area contributed by atoms with Gasteiger partial charge in [0.05, 0.1) is 18.7 Å². The van der Waals surface area contributed by atoms with E-state index in [0.29, 0.717) is 28.4 Å². The summed E-state index contributed by atoms with van der Waals surface area (Å²) in [5.74, 6) is -0.628. The van der Waals surface area contributed by atoms with Gasteiger partial charge in [-0.25, -0.2) is 0 Å². The molecule has 0 saturated carbocycles. The molecule has 0 aromatic heterocycles. The lowest BCUT2D eigenvalue weighted by Gasteiger charge is -2.24. The Balaban J connectivity index is 2.14. The third-order valence-corrected chi connectivity index (χ3v) is 4.70. The van der Waals surface area contributed by atoms with Crippen LogP contribution >= 0.6 is 11.6 Å². The minimum atomic E-state index is -0.316. The number of likely N-dealkylation sites (N-methyl/N-ethyl adjacent to an activating group) is 1. The number of hydrogen-bond donors (Lipinski definition) is 0. The Morgan fingerprint density at radius 3 is 2.26 bits per heavy atom. The number of hydrogen-bond acceptors (Lipinski definition) is 4. The number of ether oxygens (including phenoxy) is 1. The minimum Gasteiger partial charge on any atom is -0.383 e. The molecule has 0 unspecified atom stereocenters. The quantitative estimate of drug-likeness (QED) is 0.684. The highest BCUT2D eigenvalue weighted by atomic mass is 35.5. The zero-order valence-electron chi connectivity index (χ0n) is 15.3. The smallest absolute Gasteiger partial charge is 0.278 e. The normalized spacial score (nSPS) is 14.3. The number of methoxy groups -OCH3 is 1. The Kier molecular flexibility index (Phi) is 5.94. The summed E-state index contributed by atoms with van der Waals surface area (Å²) in [4.78, 5) is 29.4. The van der Waals surface area contributed by atoms with E-state index in [4.69, 9.17) is 16.3 Å². The third kappa shape index (κ3) is 3.75. The standard InChI is InChI=1S/C21H21ClN2O3/c1-3-23(17-7-5-4-6-8-17)19-18(15-9-11-16(22)12-10-15)20(25)24(21(19)26)13-14-27-2/h4-12H,3,13-14H2,1-2H3. The van der Waals surface area contributed by atoms with Gasteiger partial charge in [0.1, 0.15) is 5.70 Å².